The standard InChI is InChI=1S/C22H15ClF3N7O/c1-2-13(31-20-17-19(28-8-27-17)29-9-30-20)21-32-14-7-6-10(24)16(23)15(14)22(34)33(21)18-11(25)4-3-5-12(18)26/h3-9,13H,2H2,1H3,(H2,27,28,29,30,31)/t13-/m0/s1. The summed E-state index contributed by atoms with van der Waals surface area (Å²) in [6, 6.07) is 4.80. The lowest BCUT2D eigenvalue weighted by molar-refractivity contribution is 0.553. The molecule has 0 bridgehead atoms. The Kier molecular flexibility index (Phi) is 5.40. The predicted octanol–water partition coefficient (Wildman–Crippen LogP) is 4.69. The first-order valence-electron chi connectivity index (χ1n) is 10.2. The second kappa shape index (κ2) is 8.41. The zero-order valence-corrected chi connectivity index (χ0v) is 18.2. The van der Waals surface area contributed by atoms with Gasteiger partial charge in [-0.15, -0.1) is 0 Å². The van der Waals surface area contributed by atoms with Gasteiger partial charge in [0.2, 0.25) is 0 Å². The van der Waals surface area contributed by atoms with Gasteiger partial charge in [-0.25, -0.2) is 33.1 Å². The molecular weight excluding hydrogens is 471 g/mol. The van der Waals surface area contributed by atoms with Gasteiger partial charge < -0.3 is 10.3 Å². The van der Waals surface area contributed by atoms with Crippen molar-refractivity contribution >= 4 is 39.5 Å². The maximum absolute atomic E-state index is 14.8. The molecule has 0 amide bonds. The zero-order chi connectivity index (χ0) is 24.0. The third-order valence-corrected chi connectivity index (χ3v) is 5.73. The summed E-state index contributed by atoms with van der Waals surface area (Å²) in [5.41, 5.74) is -0.588. The summed E-state index contributed by atoms with van der Waals surface area (Å²) in [5, 5.41) is 2.36. The normalized spacial score (nSPS) is 12.4. The van der Waals surface area contributed by atoms with Gasteiger partial charge in [0.25, 0.3) is 5.56 Å². The first-order chi connectivity index (χ1) is 16.4. The molecule has 0 spiro atoms. The maximum Gasteiger partial charge on any atom is 0.267 e. The molecule has 172 valence electrons. The van der Waals surface area contributed by atoms with Crippen molar-refractivity contribution in [2.75, 3.05) is 5.32 Å². The number of hydrogen-bond donors (Lipinski definition) is 2. The van der Waals surface area contributed by atoms with E-state index in [1.54, 1.807) is 6.92 Å². The van der Waals surface area contributed by atoms with E-state index in [4.69, 9.17) is 11.6 Å². The molecule has 0 aliphatic carbocycles. The number of para-hydroxylation sites is 1. The van der Waals surface area contributed by atoms with E-state index >= 15 is 0 Å². The number of aromatic nitrogens is 6. The SMILES string of the molecule is CC[C@H](Nc1ncnc2[nH]cnc12)c1nc2ccc(F)c(Cl)c2c(=O)n1-c1c(F)cccc1F. The fraction of sp³-hybridized carbons (Fsp3) is 0.136. The Bertz CT molecular complexity index is 1600. The lowest BCUT2D eigenvalue weighted by atomic mass is 10.1. The number of halogens is 4. The lowest BCUT2D eigenvalue weighted by Gasteiger charge is -2.22. The molecule has 0 aliphatic heterocycles. The van der Waals surface area contributed by atoms with Crippen LogP contribution in [0, 0.1) is 17.5 Å². The Morgan fingerprint density at radius 2 is 1.85 bits per heavy atom. The molecule has 3 aromatic heterocycles. The van der Waals surface area contributed by atoms with Gasteiger partial charge in [-0.2, -0.15) is 0 Å². The fourth-order valence-electron chi connectivity index (χ4n) is 3.76. The van der Waals surface area contributed by atoms with Gasteiger partial charge in [-0.1, -0.05) is 24.6 Å². The average molecular weight is 486 g/mol. The van der Waals surface area contributed by atoms with Crippen LogP contribution in [0.25, 0.3) is 27.8 Å². The minimum absolute atomic E-state index is 0.0195. The van der Waals surface area contributed by atoms with Gasteiger partial charge in [0.1, 0.15) is 40.8 Å². The van der Waals surface area contributed by atoms with Gasteiger partial charge in [-0.05, 0) is 30.7 Å². The minimum atomic E-state index is -0.997. The van der Waals surface area contributed by atoms with E-state index in [0.29, 0.717) is 23.4 Å². The van der Waals surface area contributed by atoms with Crippen LogP contribution in [0.2, 0.25) is 5.02 Å². The molecule has 0 radical (unpaired) electrons. The van der Waals surface area contributed by atoms with E-state index < -0.39 is 39.8 Å². The number of hydrogen-bond acceptors (Lipinski definition) is 6. The molecule has 0 saturated heterocycles. The van der Waals surface area contributed by atoms with Crippen LogP contribution in [-0.4, -0.2) is 29.5 Å². The summed E-state index contributed by atoms with van der Waals surface area (Å²) in [5.74, 6) is -2.54. The maximum atomic E-state index is 14.8. The Labute approximate surface area is 194 Å². The second-order valence-corrected chi connectivity index (χ2v) is 7.74. The van der Waals surface area contributed by atoms with E-state index in [2.05, 4.69) is 30.2 Å². The summed E-state index contributed by atoms with van der Waals surface area (Å²) in [7, 11) is 0. The Hall–Kier alpha value is -3.99. The predicted molar refractivity (Wildman–Crippen MR) is 121 cm³/mol. The number of nitrogens with one attached hydrogen (secondary N) is 2. The number of benzene rings is 2. The minimum Gasteiger partial charge on any atom is -0.358 e. The van der Waals surface area contributed by atoms with Crippen molar-refractivity contribution < 1.29 is 13.2 Å². The van der Waals surface area contributed by atoms with Crippen LogP contribution >= 0.6 is 11.6 Å². The monoisotopic (exact) mass is 485 g/mol. The van der Waals surface area contributed by atoms with Crippen LogP contribution in [0.15, 0.2) is 47.8 Å². The van der Waals surface area contributed by atoms with Crippen molar-refractivity contribution in [1.29, 1.82) is 0 Å². The summed E-state index contributed by atoms with van der Waals surface area (Å²) in [6.07, 6.45) is 3.09. The highest BCUT2D eigenvalue weighted by Gasteiger charge is 2.26. The molecule has 2 N–H and O–H groups in total. The third-order valence-electron chi connectivity index (χ3n) is 5.36. The van der Waals surface area contributed by atoms with Crippen molar-refractivity contribution in [3.8, 4) is 5.69 Å². The van der Waals surface area contributed by atoms with E-state index in [1.807, 2.05) is 0 Å². The number of nitrogens with zero attached hydrogens (tertiary/aromatic N) is 5. The summed E-state index contributed by atoms with van der Waals surface area (Å²) >= 11 is 6.06. The number of anilines is 1. The molecule has 0 fully saturated rings. The molecule has 2 aromatic carbocycles. The first kappa shape index (κ1) is 21.8. The summed E-state index contributed by atoms with van der Waals surface area (Å²) < 4.78 is 44.6. The van der Waals surface area contributed by atoms with Crippen molar-refractivity contribution in [2.24, 2.45) is 0 Å². The van der Waals surface area contributed by atoms with Crippen molar-refractivity contribution in [1.82, 2.24) is 29.5 Å². The molecule has 0 aliphatic rings. The van der Waals surface area contributed by atoms with E-state index in [-0.39, 0.29) is 16.7 Å². The molecule has 0 saturated carbocycles. The molecule has 5 aromatic rings. The topological polar surface area (TPSA) is 101 Å². The first-order valence-corrected chi connectivity index (χ1v) is 10.5. The van der Waals surface area contributed by atoms with Gasteiger partial charge in [0.15, 0.2) is 11.5 Å². The van der Waals surface area contributed by atoms with E-state index in [1.165, 1.54) is 24.8 Å². The Morgan fingerprint density at radius 1 is 1.09 bits per heavy atom. The summed E-state index contributed by atoms with van der Waals surface area (Å²) in [6.45, 7) is 1.79. The highest BCUT2D eigenvalue weighted by Crippen LogP contribution is 2.30. The Morgan fingerprint density at radius 3 is 2.59 bits per heavy atom. The molecular formula is C22H15ClF3N7O. The van der Waals surface area contributed by atoms with Crippen LogP contribution < -0.4 is 10.9 Å². The van der Waals surface area contributed by atoms with Crippen molar-refractivity contribution in [3.05, 3.63) is 81.6 Å². The van der Waals surface area contributed by atoms with Crippen LogP contribution in [0.1, 0.15) is 25.2 Å². The van der Waals surface area contributed by atoms with Gasteiger partial charge in [-0.3, -0.25) is 9.36 Å². The Balaban J connectivity index is 1.81. The highest BCUT2D eigenvalue weighted by atomic mass is 35.5. The molecule has 12 heteroatoms. The van der Waals surface area contributed by atoms with Gasteiger partial charge in [0, 0.05) is 0 Å². The third kappa shape index (κ3) is 3.45. The van der Waals surface area contributed by atoms with Crippen LogP contribution in [0.3, 0.4) is 0 Å². The number of rotatable bonds is 5. The smallest absolute Gasteiger partial charge is 0.267 e. The molecule has 0 unspecified atom stereocenters. The van der Waals surface area contributed by atoms with E-state index in [0.717, 1.165) is 22.8 Å². The van der Waals surface area contributed by atoms with Crippen LogP contribution in [0.4, 0.5) is 19.0 Å². The summed E-state index contributed by atoms with van der Waals surface area (Å²) in [4.78, 5) is 33.3. The molecule has 5 rings (SSSR count). The molecule has 34 heavy (non-hydrogen) atoms. The number of H-pyrrole nitrogens is 1. The van der Waals surface area contributed by atoms with Crippen LogP contribution in [-0.2, 0) is 0 Å². The number of aromatic amines is 1. The molecule has 1 atom stereocenters. The molecule has 8 nitrogen and oxygen atoms in total. The molecule has 3 heterocycles. The fourth-order valence-corrected chi connectivity index (χ4v) is 4.00. The number of fused-ring (bicyclic) bond motifs is 2. The quantitative estimate of drug-likeness (QED) is 0.374. The lowest BCUT2D eigenvalue weighted by Crippen LogP contribution is -2.30. The largest absolute Gasteiger partial charge is 0.358 e. The van der Waals surface area contributed by atoms with Crippen molar-refractivity contribution in [3.63, 3.8) is 0 Å². The van der Waals surface area contributed by atoms with E-state index in [9.17, 15) is 18.0 Å². The van der Waals surface area contributed by atoms with Gasteiger partial charge in [0.05, 0.1) is 28.3 Å². The van der Waals surface area contributed by atoms with Gasteiger partial charge >= 0.3 is 0 Å². The van der Waals surface area contributed by atoms with Crippen LogP contribution in [0.5, 0.6) is 0 Å². The average Bonchev–Trinajstić information content (AvgIpc) is 3.30. The number of imidazole rings is 1. The van der Waals surface area contributed by atoms with Crippen molar-refractivity contribution in [2.45, 2.75) is 19.4 Å². The zero-order valence-electron chi connectivity index (χ0n) is 17.5. The second-order valence-electron chi connectivity index (χ2n) is 7.36. The highest BCUT2D eigenvalue weighted by molar-refractivity contribution is 6.35.